The minimum Gasteiger partial charge on any atom is -0.497 e. The molecule has 0 aliphatic rings. The number of hydrogen-bond donors (Lipinski definition) is 4. The first-order chi connectivity index (χ1) is 9.06. The van der Waals surface area contributed by atoms with Crippen LogP contribution in [0.15, 0.2) is 24.3 Å². The first-order valence-electron chi connectivity index (χ1n) is 5.57. The Morgan fingerprint density at radius 3 is 2.74 bits per heavy atom. The van der Waals surface area contributed by atoms with Crippen molar-refractivity contribution in [3.63, 3.8) is 0 Å². The van der Waals surface area contributed by atoms with Crippen LogP contribution < -0.4 is 15.4 Å². The number of carboxylic acid groups (broad SMARTS) is 1. The van der Waals surface area contributed by atoms with Crippen LogP contribution in [0.25, 0.3) is 0 Å². The molecule has 1 rings (SSSR count). The number of carbonyl (C=O) groups is 2. The maximum atomic E-state index is 11.4. The van der Waals surface area contributed by atoms with Gasteiger partial charge in [-0.25, -0.2) is 9.59 Å². The highest BCUT2D eigenvalue weighted by Crippen LogP contribution is 2.11. The van der Waals surface area contributed by atoms with Crippen LogP contribution in [0, 0.1) is 0 Å². The third kappa shape index (κ3) is 4.84. The molecule has 0 heterocycles. The Morgan fingerprint density at radius 1 is 1.42 bits per heavy atom. The monoisotopic (exact) mass is 268 g/mol. The zero-order valence-electron chi connectivity index (χ0n) is 10.4. The number of nitrogens with one attached hydrogen (secondary N) is 2. The van der Waals surface area contributed by atoms with Gasteiger partial charge in [0, 0.05) is 6.54 Å². The van der Waals surface area contributed by atoms with E-state index in [-0.39, 0.29) is 6.54 Å². The van der Waals surface area contributed by atoms with E-state index in [0.717, 1.165) is 5.56 Å². The summed E-state index contributed by atoms with van der Waals surface area (Å²) < 4.78 is 5.04. The molecule has 0 saturated heterocycles. The molecule has 0 unspecified atom stereocenters. The quantitative estimate of drug-likeness (QED) is 0.578. The van der Waals surface area contributed by atoms with E-state index < -0.39 is 24.6 Å². The van der Waals surface area contributed by atoms with Crippen molar-refractivity contribution in [3.8, 4) is 5.75 Å². The molecule has 7 heteroatoms. The molecule has 104 valence electrons. The van der Waals surface area contributed by atoms with Crippen molar-refractivity contribution in [2.24, 2.45) is 0 Å². The summed E-state index contributed by atoms with van der Waals surface area (Å²) in [4.78, 5) is 22.0. The lowest BCUT2D eigenvalue weighted by molar-refractivity contribution is -0.140. The topological polar surface area (TPSA) is 108 Å². The molecule has 0 fully saturated rings. The summed E-state index contributed by atoms with van der Waals surface area (Å²) in [6.45, 7) is -0.442. The molecule has 19 heavy (non-hydrogen) atoms. The summed E-state index contributed by atoms with van der Waals surface area (Å²) >= 11 is 0. The number of benzene rings is 1. The summed E-state index contributed by atoms with van der Waals surface area (Å²) in [7, 11) is 1.54. The second kappa shape index (κ2) is 7.22. The van der Waals surface area contributed by atoms with Crippen LogP contribution in [0.5, 0.6) is 5.75 Å². The first-order valence-corrected chi connectivity index (χ1v) is 5.57. The van der Waals surface area contributed by atoms with Crippen LogP contribution in [0.2, 0.25) is 0 Å². The molecule has 0 radical (unpaired) electrons. The maximum absolute atomic E-state index is 11.4. The van der Waals surface area contributed by atoms with Gasteiger partial charge in [0.05, 0.1) is 13.7 Å². The molecule has 0 aromatic heterocycles. The van der Waals surface area contributed by atoms with Gasteiger partial charge in [0.15, 0.2) is 6.04 Å². The van der Waals surface area contributed by atoms with Gasteiger partial charge in [-0.1, -0.05) is 12.1 Å². The lowest BCUT2D eigenvalue weighted by Crippen LogP contribution is -2.47. The number of amides is 2. The largest absolute Gasteiger partial charge is 0.497 e. The van der Waals surface area contributed by atoms with Crippen LogP contribution in [0.3, 0.4) is 0 Å². The molecular weight excluding hydrogens is 252 g/mol. The Hall–Kier alpha value is -2.28. The number of rotatable bonds is 6. The average molecular weight is 268 g/mol. The lowest BCUT2D eigenvalue weighted by atomic mass is 10.2. The van der Waals surface area contributed by atoms with Crippen LogP contribution in [0.4, 0.5) is 4.79 Å². The number of carbonyl (C=O) groups excluding carboxylic acids is 1. The van der Waals surface area contributed by atoms with Crippen molar-refractivity contribution in [1.82, 2.24) is 10.6 Å². The van der Waals surface area contributed by atoms with E-state index in [0.29, 0.717) is 5.75 Å². The number of carboxylic acids is 1. The van der Waals surface area contributed by atoms with Gasteiger partial charge in [-0.15, -0.1) is 0 Å². The number of ether oxygens (including phenoxy) is 1. The van der Waals surface area contributed by atoms with Gasteiger partial charge in [0.2, 0.25) is 0 Å². The Labute approximate surface area is 110 Å². The summed E-state index contributed by atoms with van der Waals surface area (Å²) in [6, 6.07) is 5.12. The summed E-state index contributed by atoms with van der Waals surface area (Å²) in [5, 5.41) is 22.0. The number of urea groups is 1. The minimum atomic E-state index is -1.31. The van der Waals surface area contributed by atoms with Gasteiger partial charge in [-0.3, -0.25) is 0 Å². The van der Waals surface area contributed by atoms with Crippen molar-refractivity contribution in [2.45, 2.75) is 12.6 Å². The predicted molar refractivity (Wildman–Crippen MR) is 66.9 cm³/mol. The number of methoxy groups -OCH3 is 1. The fourth-order valence-electron chi connectivity index (χ4n) is 1.36. The average Bonchev–Trinajstić information content (AvgIpc) is 2.42. The number of aliphatic hydroxyl groups is 1. The zero-order chi connectivity index (χ0) is 14.3. The molecular formula is C12H16N2O5. The van der Waals surface area contributed by atoms with E-state index in [9.17, 15) is 9.59 Å². The third-order valence-electron chi connectivity index (χ3n) is 2.37. The van der Waals surface area contributed by atoms with E-state index in [2.05, 4.69) is 10.6 Å². The first kappa shape index (κ1) is 14.8. The van der Waals surface area contributed by atoms with Crippen molar-refractivity contribution in [1.29, 1.82) is 0 Å². The molecule has 1 atom stereocenters. The van der Waals surface area contributed by atoms with Crippen LogP contribution in [0.1, 0.15) is 5.56 Å². The van der Waals surface area contributed by atoms with E-state index in [1.54, 1.807) is 24.3 Å². The molecule has 0 aliphatic heterocycles. The fourth-order valence-corrected chi connectivity index (χ4v) is 1.36. The molecule has 1 aromatic carbocycles. The van der Waals surface area contributed by atoms with Crippen molar-refractivity contribution in [3.05, 3.63) is 29.8 Å². The molecule has 2 amide bonds. The lowest BCUT2D eigenvalue weighted by Gasteiger charge is -2.12. The van der Waals surface area contributed by atoms with Crippen LogP contribution >= 0.6 is 0 Å². The Bertz CT molecular complexity index is 450. The number of aliphatic hydroxyl groups excluding tert-OH is 1. The van der Waals surface area contributed by atoms with Gasteiger partial charge >= 0.3 is 12.0 Å². The Balaban J connectivity index is 2.47. The normalized spacial score (nSPS) is 11.5. The molecule has 0 aliphatic carbocycles. The zero-order valence-corrected chi connectivity index (χ0v) is 10.4. The van der Waals surface area contributed by atoms with Gasteiger partial charge in [0.25, 0.3) is 0 Å². The highest BCUT2D eigenvalue weighted by molar-refractivity contribution is 5.82. The van der Waals surface area contributed by atoms with Crippen molar-refractivity contribution >= 4 is 12.0 Å². The molecule has 7 nitrogen and oxygen atoms in total. The second-order valence-electron chi connectivity index (χ2n) is 3.75. The molecule has 0 spiro atoms. The number of aliphatic carboxylic acids is 1. The molecule has 0 saturated carbocycles. The summed E-state index contributed by atoms with van der Waals surface area (Å²) in [5.41, 5.74) is 0.811. The molecule has 4 N–H and O–H groups in total. The second-order valence-corrected chi connectivity index (χ2v) is 3.75. The summed E-state index contributed by atoms with van der Waals surface area (Å²) in [6.07, 6.45) is 0. The predicted octanol–water partition coefficient (Wildman–Crippen LogP) is -0.0601. The Morgan fingerprint density at radius 2 is 2.16 bits per heavy atom. The van der Waals surface area contributed by atoms with Gasteiger partial charge in [0.1, 0.15) is 5.75 Å². The van der Waals surface area contributed by atoms with E-state index >= 15 is 0 Å². The van der Waals surface area contributed by atoms with Crippen molar-refractivity contribution < 1.29 is 24.5 Å². The number of hydrogen-bond acceptors (Lipinski definition) is 4. The third-order valence-corrected chi connectivity index (χ3v) is 2.37. The van der Waals surface area contributed by atoms with E-state index in [1.165, 1.54) is 7.11 Å². The van der Waals surface area contributed by atoms with Crippen LogP contribution in [-0.4, -0.2) is 42.0 Å². The SMILES string of the molecule is COc1cccc(CNC(=O)N[C@@H](CO)C(=O)O)c1. The van der Waals surface area contributed by atoms with Gasteiger partial charge < -0.3 is 25.6 Å². The van der Waals surface area contributed by atoms with Crippen molar-refractivity contribution in [2.75, 3.05) is 13.7 Å². The minimum absolute atomic E-state index is 0.223. The van der Waals surface area contributed by atoms with Gasteiger partial charge in [-0.2, -0.15) is 0 Å². The fraction of sp³-hybridized carbons (Fsp3) is 0.333. The van der Waals surface area contributed by atoms with Gasteiger partial charge in [-0.05, 0) is 17.7 Å². The van der Waals surface area contributed by atoms with E-state index in [4.69, 9.17) is 14.9 Å². The Kier molecular flexibility index (Phi) is 5.62. The molecule has 0 bridgehead atoms. The molecule has 1 aromatic rings. The summed E-state index contributed by atoms with van der Waals surface area (Å²) in [5.74, 6) is -0.627. The standard InChI is InChI=1S/C12H16N2O5/c1-19-9-4-2-3-8(5-9)6-13-12(18)14-10(7-15)11(16)17/h2-5,10,15H,6-7H2,1H3,(H,16,17)(H2,13,14,18)/t10-/m0/s1. The highest BCUT2D eigenvalue weighted by atomic mass is 16.5. The van der Waals surface area contributed by atoms with Crippen LogP contribution in [-0.2, 0) is 11.3 Å². The van der Waals surface area contributed by atoms with E-state index in [1.807, 2.05) is 0 Å². The smallest absolute Gasteiger partial charge is 0.328 e. The maximum Gasteiger partial charge on any atom is 0.328 e. The highest BCUT2D eigenvalue weighted by Gasteiger charge is 2.18.